The Labute approximate surface area is 107 Å². The van der Waals surface area contributed by atoms with Gasteiger partial charge in [-0.2, -0.15) is 0 Å². The van der Waals surface area contributed by atoms with Crippen LogP contribution in [0.3, 0.4) is 0 Å². The number of hydrogen-bond donors (Lipinski definition) is 1. The second-order valence-electron chi connectivity index (χ2n) is 3.87. The van der Waals surface area contributed by atoms with Crippen molar-refractivity contribution in [3.05, 3.63) is 21.3 Å². The predicted molar refractivity (Wildman–Crippen MR) is 71.2 cm³/mol. The van der Waals surface area contributed by atoms with Crippen LogP contribution in [0.25, 0.3) is 0 Å². The van der Waals surface area contributed by atoms with Gasteiger partial charge in [-0.3, -0.25) is 4.90 Å². The van der Waals surface area contributed by atoms with E-state index >= 15 is 0 Å². The summed E-state index contributed by atoms with van der Waals surface area (Å²) in [5.41, 5.74) is 0. The molecule has 0 aliphatic carbocycles. The normalized spacial score (nSPS) is 11.6. The molecule has 0 saturated carbocycles. The SMILES string of the molecule is CCC(CC)N(CCO)Cc1ccc(Cl)s1. The van der Waals surface area contributed by atoms with E-state index < -0.39 is 0 Å². The molecule has 0 spiro atoms. The zero-order chi connectivity index (χ0) is 12.0. The van der Waals surface area contributed by atoms with Gasteiger partial charge in [0.2, 0.25) is 0 Å². The van der Waals surface area contributed by atoms with Crippen molar-refractivity contribution in [1.82, 2.24) is 4.90 Å². The minimum atomic E-state index is 0.218. The molecular weight excluding hydrogens is 242 g/mol. The molecule has 0 saturated heterocycles. The molecule has 0 aliphatic heterocycles. The lowest BCUT2D eigenvalue weighted by molar-refractivity contribution is 0.138. The summed E-state index contributed by atoms with van der Waals surface area (Å²) in [5, 5.41) is 9.10. The first-order chi connectivity index (χ1) is 7.71. The van der Waals surface area contributed by atoms with Crippen molar-refractivity contribution in [2.24, 2.45) is 0 Å². The average molecular weight is 262 g/mol. The largest absolute Gasteiger partial charge is 0.395 e. The first-order valence-electron chi connectivity index (χ1n) is 5.80. The highest BCUT2D eigenvalue weighted by atomic mass is 35.5. The third kappa shape index (κ3) is 4.06. The summed E-state index contributed by atoms with van der Waals surface area (Å²) in [6.45, 7) is 6.24. The number of rotatable bonds is 7. The fourth-order valence-electron chi connectivity index (χ4n) is 1.96. The zero-order valence-corrected chi connectivity index (χ0v) is 11.5. The molecule has 0 unspecified atom stereocenters. The molecule has 0 aliphatic rings. The molecule has 92 valence electrons. The lowest BCUT2D eigenvalue weighted by Crippen LogP contribution is -2.35. The van der Waals surface area contributed by atoms with Crippen LogP contribution in [0.5, 0.6) is 0 Å². The highest BCUT2D eigenvalue weighted by Crippen LogP contribution is 2.24. The van der Waals surface area contributed by atoms with E-state index in [2.05, 4.69) is 24.8 Å². The van der Waals surface area contributed by atoms with Gasteiger partial charge in [0, 0.05) is 24.0 Å². The molecule has 0 atom stereocenters. The van der Waals surface area contributed by atoms with Crippen LogP contribution in [0.15, 0.2) is 12.1 Å². The van der Waals surface area contributed by atoms with Gasteiger partial charge < -0.3 is 5.11 Å². The molecule has 1 aromatic rings. The van der Waals surface area contributed by atoms with Gasteiger partial charge in [-0.1, -0.05) is 25.4 Å². The second-order valence-corrected chi connectivity index (χ2v) is 5.67. The molecule has 16 heavy (non-hydrogen) atoms. The number of thiophene rings is 1. The van der Waals surface area contributed by atoms with Crippen LogP contribution in [-0.2, 0) is 6.54 Å². The van der Waals surface area contributed by atoms with E-state index in [0.29, 0.717) is 6.04 Å². The molecule has 0 aromatic carbocycles. The summed E-state index contributed by atoms with van der Waals surface area (Å²) in [6.07, 6.45) is 2.24. The van der Waals surface area contributed by atoms with E-state index in [4.69, 9.17) is 16.7 Å². The van der Waals surface area contributed by atoms with Crippen molar-refractivity contribution in [2.45, 2.75) is 39.3 Å². The number of aliphatic hydroxyl groups is 1. The van der Waals surface area contributed by atoms with Gasteiger partial charge in [0.25, 0.3) is 0 Å². The molecule has 1 N–H and O–H groups in total. The van der Waals surface area contributed by atoms with Crippen LogP contribution in [0.4, 0.5) is 0 Å². The Kier molecular flexibility index (Phi) is 6.36. The van der Waals surface area contributed by atoms with E-state index in [1.165, 1.54) is 4.88 Å². The Morgan fingerprint density at radius 3 is 2.50 bits per heavy atom. The number of hydrogen-bond acceptors (Lipinski definition) is 3. The molecular formula is C12H20ClNOS. The summed E-state index contributed by atoms with van der Waals surface area (Å²) in [4.78, 5) is 3.60. The summed E-state index contributed by atoms with van der Waals surface area (Å²) < 4.78 is 0.837. The third-order valence-corrected chi connectivity index (χ3v) is 4.05. The van der Waals surface area contributed by atoms with E-state index in [9.17, 15) is 0 Å². The van der Waals surface area contributed by atoms with Crippen LogP contribution in [-0.4, -0.2) is 29.2 Å². The van der Waals surface area contributed by atoms with E-state index in [1.54, 1.807) is 11.3 Å². The maximum Gasteiger partial charge on any atom is 0.0931 e. The van der Waals surface area contributed by atoms with Crippen molar-refractivity contribution in [2.75, 3.05) is 13.2 Å². The van der Waals surface area contributed by atoms with Crippen molar-refractivity contribution < 1.29 is 5.11 Å². The molecule has 0 fully saturated rings. The fourth-order valence-corrected chi connectivity index (χ4v) is 3.07. The lowest BCUT2D eigenvalue weighted by atomic mass is 10.1. The van der Waals surface area contributed by atoms with E-state index in [0.717, 1.165) is 30.3 Å². The van der Waals surface area contributed by atoms with E-state index in [-0.39, 0.29) is 6.61 Å². The molecule has 1 rings (SSSR count). The molecule has 4 heteroatoms. The van der Waals surface area contributed by atoms with Gasteiger partial charge in [-0.15, -0.1) is 11.3 Å². The first kappa shape index (κ1) is 14.0. The molecule has 1 aromatic heterocycles. The van der Waals surface area contributed by atoms with Crippen molar-refractivity contribution in [3.63, 3.8) is 0 Å². The lowest BCUT2D eigenvalue weighted by Gasteiger charge is -2.29. The molecule has 2 nitrogen and oxygen atoms in total. The quantitative estimate of drug-likeness (QED) is 0.813. The zero-order valence-electron chi connectivity index (χ0n) is 9.95. The Morgan fingerprint density at radius 2 is 2.06 bits per heavy atom. The Bertz CT molecular complexity index is 299. The molecule has 0 radical (unpaired) electrons. The van der Waals surface area contributed by atoms with Gasteiger partial charge in [0.15, 0.2) is 0 Å². The van der Waals surface area contributed by atoms with Crippen LogP contribution in [0.1, 0.15) is 31.6 Å². The van der Waals surface area contributed by atoms with Gasteiger partial charge in [-0.05, 0) is 25.0 Å². The minimum absolute atomic E-state index is 0.218. The van der Waals surface area contributed by atoms with Gasteiger partial charge >= 0.3 is 0 Å². The van der Waals surface area contributed by atoms with E-state index in [1.807, 2.05) is 6.07 Å². The molecule has 1 heterocycles. The van der Waals surface area contributed by atoms with Crippen molar-refractivity contribution in [1.29, 1.82) is 0 Å². The smallest absolute Gasteiger partial charge is 0.0931 e. The average Bonchev–Trinajstić information content (AvgIpc) is 2.66. The summed E-state index contributed by atoms with van der Waals surface area (Å²) in [7, 11) is 0. The number of aliphatic hydroxyl groups excluding tert-OH is 1. The highest BCUT2D eigenvalue weighted by molar-refractivity contribution is 7.16. The molecule has 0 amide bonds. The Balaban J connectivity index is 2.63. The summed E-state index contributed by atoms with van der Waals surface area (Å²) in [6, 6.07) is 4.55. The Hall–Kier alpha value is -0.0900. The van der Waals surface area contributed by atoms with Gasteiger partial charge in [-0.25, -0.2) is 0 Å². The standard InChI is InChI=1S/C12H20ClNOS/c1-3-10(4-2)14(7-8-15)9-11-5-6-12(13)16-11/h5-6,10,15H,3-4,7-9H2,1-2H3. The number of halogens is 1. The maximum absolute atomic E-state index is 9.10. The maximum atomic E-state index is 9.10. The predicted octanol–water partition coefficient (Wildman–Crippen LogP) is 3.38. The van der Waals surface area contributed by atoms with Crippen molar-refractivity contribution in [3.8, 4) is 0 Å². The summed E-state index contributed by atoms with van der Waals surface area (Å²) in [5.74, 6) is 0. The third-order valence-electron chi connectivity index (χ3n) is 2.83. The summed E-state index contributed by atoms with van der Waals surface area (Å²) >= 11 is 7.54. The van der Waals surface area contributed by atoms with Gasteiger partial charge in [0.1, 0.15) is 0 Å². The fraction of sp³-hybridized carbons (Fsp3) is 0.667. The van der Waals surface area contributed by atoms with Crippen LogP contribution >= 0.6 is 22.9 Å². The topological polar surface area (TPSA) is 23.5 Å². The highest BCUT2D eigenvalue weighted by Gasteiger charge is 2.15. The van der Waals surface area contributed by atoms with Crippen LogP contribution in [0.2, 0.25) is 4.34 Å². The Morgan fingerprint density at radius 1 is 1.38 bits per heavy atom. The van der Waals surface area contributed by atoms with Gasteiger partial charge in [0.05, 0.1) is 10.9 Å². The first-order valence-corrected chi connectivity index (χ1v) is 6.99. The van der Waals surface area contributed by atoms with Crippen LogP contribution < -0.4 is 0 Å². The minimum Gasteiger partial charge on any atom is -0.395 e. The second kappa shape index (κ2) is 7.28. The number of nitrogens with zero attached hydrogens (tertiary/aromatic N) is 1. The van der Waals surface area contributed by atoms with Crippen molar-refractivity contribution >= 4 is 22.9 Å². The molecule has 0 bridgehead atoms. The monoisotopic (exact) mass is 261 g/mol. The van der Waals surface area contributed by atoms with Crippen LogP contribution in [0, 0.1) is 0 Å².